The van der Waals surface area contributed by atoms with E-state index >= 15 is 0 Å². The number of carbonyl (C=O) groups is 1. The lowest BCUT2D eigenvalue weighted by Gasteiger charge is -2.23. The number of hydrogen-bond donors (Lipinski definition) is 1. The lowest BCUT2D eigenvalue weighted by atomic mass is 10.0. The number of ether oxygens (including phenoxy) is 3. The van der Waals surface area contributed by atoms with Crippen molar-refractivity contribution in [2.75, 3.05) is 27.4 Å². The van der Waals surface area contributed by atoms with Gasteiger partial charge < -0.3 is 19.5 Å². The van der Waals surface area contributed by atoms with Crippen LogP contribution in [-0.4, -0.2) is 49.4 Å². The van der Waals surface area contributed by atoms with Gasteiger partial charge in [0.15, 0.2) is 11.5 Å². The van der Waals surface area contributed by atoms with Crippen molar-refractivity contribution in [3.63, 3.8) is 0 Å². The number of hydrogen-bond acceptors (Lipinski definition) is 6. The molecule has 1 N–H and O–H groups in total. The number of rotatable bonds is 5. The highest BCUT2D eigenvalue weighted by Crippen LogP contribution is 2.34. The highest BCUT2D eigenvalue weighted by atomic mass is 19.4. The zero-order chi connectivity index (χ0) is 21.0. The first-order valence-corrected chi connectivity index (χ1v) is 8.88. The van der Waals surface area contributed by atoms with E-state index in [0.717, 1.165) is 6.20 Å². The lowest BCUT2D eigenvalue weighted by Crippen LogP contribution is -2.39. The number of alkyl halides is 3. The minimum Gasteiger partial charge on any atom is -0.493 e. The molecule has 1 amide bonds. The third-order valence-corrected chi connectivity index (χ3v) is 4.50. The second-order valence-corrected chi connectivity index (χ2v) is 6.38. The Morgan fingerprint density at radius 1 is 1.17 bits per heavy atom. The standard InChI is InChI=1S/C19H20F3N3O4/c1-27-14-4-3-11(9-15(14)28-2)16-13(10-23-18(25-16)19(20,21)22)17(26)24-12-5-7-29-8-6-12/h3-4,9-10,12H,5-8H2,1-2H3,(H,24,26). The third kappa shape index (κ3) is 4.76. The Balaban J connectivity index is 2.03. The van der Waals surface area contributed by atoms with Crippen molar-refractivity contribution >= 4 is 5.91 Å². The Labute approximate surface area is 165 Å². The van der Waals surface area contributed by atoms with E-state index in [1.165, 1.54) is 32.4 Å². The fourth-order valence-electron chi connectivity index (χ4n) is 2.99. The van der Waals surface area contributed by atoms with Gasteiger partial charge in [-0.25, -0.2) is 9.97 Å². The Morgan fingerprint density at radius 3 is 2.48 bits per heavy atom. The van der Waals surface area contributed by atoms with Crippen LogP contribution in [0, 0.1) is 0 Å². The molecule has 3 rings (SSSR count). The number of halogens is 3. The van der Waals surface area contributed by atoms with Crippen LogP contribution >= 0.6 is 0 Å². The van der Waals surface area contributed by atoms with E-state index in [9.17, 15) is 18.0 Å². The van der Waals surface area contributed by atoms with Crippen LogP contribution in [0.3, 0.4) is 0 Å². The van der Waals surface area contributed by atoms with E-state index in [-0.39, 0.29) is 22.9 Å². The van der Waals surface area contributed by atoms with Gasteiger partial charge in [-0.05, 0) is 31.0 Å². The maximum atomic E-state index is 13.2. The summed E-state index contributed by atoms with van der Waals surface area (Å²) < 4.78 is 55.1. The lowest BCUT2D eigenvalue weighted by molar-refractivity contribution is -0.144. The summed E-state index contributed by atoms with van der Waals surface area (Å²) in [4.78, 5) is 19.8. The maximum absolute atomic E-state index is 13.2. The molecule has 2 aromatic rings. The predicted molar refractivity (Wildman–Crippen MR) is 96.9 cm³/mol. The fourth-order valence-corrected chi connectivity index (χ4v) is 2.99. The fraction of sp³-hybridized carbons (Fsp3) is 0.421. The minimum atomic E-state index is -4.75. The van der Waals surface area contributed by atoms with Crippen LogP contribution in [-0.2, 0) is 10.9 Å². The van der Waals surface area contributed by atoms with E-state index in [2.05, 4.69) is 15.3 Å². The molecule has 1 fully saturated rings. The third-order valence-electron chi connectivity index (χ3n) is 4.50. The van der Waals surface area contributed by atoms with Gasteiger partial charge in [0.2, 0.25) is 5.82 Å². The van der Waals surface area contributed by atoms with Crippen molar-refractivity contribution < 1.29 is 32.2 Å². The first-order chi connectivity index (χ1) is 13.8. The predicted octanol–water partition coefficient (Wildman–Crippen LogP) is 3.09. The van der Waals surface area contributed by atoms with E-state index < -0.39 is 17.9 Å². The molecular weight excluding hydrogens is 391 g/mol. The number of benzene rings is 1. The monoisotopic (exact) mass is 411 g/mol. The number of carbonyl (C=O) groups excluding carboxylic acids is 1. The molecule has 0 saturated carbocycles. The van der Waals surface area contributed by atoms with Gasteiger partial charge in [-0.1, -0.05) is 0 Å². The van der Waals surface area contributed by atoms with E-state index in [4.69, 9.17) is 14.2 Å². The average molecular weight is 411 g/mol. The van der Waals surface area contributed by atoms with Crippen LogP contribution in [0.2, 0.25) is 0 Å². The molecule has 1 aliphatic rings. The van der Waals surface area contributed by atoms with E-state index in [1.54, 1.807) is 0 Å². The van der Waals surface area contributed by atoms with Crippen LogP contribution in [0.15, 0.2) is 24.4 Å². The second-order valence-electron chi connectivity index (χ2n) is 6.38. The molecule has 0 atom stereocenters. The van der Waals surface area contributed by atoms with Crippen molar-refractivity contribution in [3.05, 3.63) is 35.8 Å². The molecular formula is C19H20F3N3O4. The van der Waals surface area contributed by atoms with Gasteiger partial charge in [0.25, 0.3) is 5.91 Å². The van der Waals surface area contributed by atoms with E-state index in [0.29, 0.717) is 37.6 Å². The van der Waals surface area contributed by atoms with Gasteiger partial charge >= 0.3 is 6.18 Å². The molecule has 0 unspecified atom stereocenters. The van der Waals surface area contributed by atoms with Gasteiger partial charge in [0, 0.05) is 31.0 Å². The van der Waals surface area contributed by atoms with Crippen molar-refractivity contribution in [3.8, 4) is 22.8 Å². The molecule has 1 aromatic heterocycles. The van der Waals surface area contributed by atoms with Gasteiger partial charge in [0.1, 0.15) is 0 Å². The van der Waals surface area contributed by atoms with Crippen LogP contribution in [0.4, 0.5) is 13.2 Å². The van der Waals surface area contributed by atoms with Crippen LogP contribution < -0.4 is 14.8 Å². The van der Waals surface area contributed by atoms with Gasteiger partial charge in [-0.3, -0.25) is 4.79 Å². The van der Waals surface area contributed by atoms with Gasteiger partial charge in [-0.15, -0.1) is 0 Å². The topological polar surface area (TPSA) is 82.6 Å². The summed E-state index contributed by atoms with van der Waals surface area (Å²) in [5.74, 6) is -1.18. The summed E-state index contributed by atoms with van der Waals surface area (Å²) >= 11 is 0. The molecule has 0 aliphatic carbocycles. The van der Waals surface area contributed by atoms with Gasteiger partial charge in [0.05, 0.1) is 25.5 Å². The molecule has 0 bridgehead atoms. The summed E-state index contributed by atoms with van der Waals surface area (Å²) in [6.45, 7) is 1.02. The van der Waals surface area contributed by atoms with Crippen LogP contribution in [0.25, 0.3) is 11.3 Å². The molecule has 0 radical (unpaired) electrons. The number of methoxy groups -OCH3 is 2. The molecule has 29 heavy (non-hydrogen) atoms. The van der Waals surface area contributed by atoms with Crippen LogP contribution in [0.5, 0.6) is 11.5 Å². The highest BCUT2D eigenvalue weighted by Gasteiger charge is 2.36. The molecule has 7 nitrogen and oxygen atoms in total. The summed E-state index contributed by atoms with van der Waals surface area (Å²) in [7, 11) is 2.85. The smallest absolute Gasteiger partial charge is 0.451 e. The molecule has 1 aliphatic heterocycles. The van der Waals surface area contributed by atoms with Crippen molar-refractivity contribution in [1.29, 1.82) is 0 Å². The Hall–Kier alpha value is -2.88. The number of aromatic nitrogens is 2. The van der Waals surface area contributed by atoms with Crippen molar-refractivity contribution in [1.82, 2.24) is 15.3 Å². The molecule has 2 heterocycles. The SMILES string of the molecule is COc1ccc(-c2nc(C(F)(F)F)ncc2C(=O)NC2CCOCC2)cc1OC. The first-order valence-electron chi connectivity index (χ1n) is 8.88. The largest absolute Gasteiger partial charge is 0.493 e. The van der Waals surface area contributed by atoms with Crippen LogP contribution in [0.1, 0.15) is 29.0 Å². The second kappa shape index (κ2) is 8.64. The van der Waals surface area contributed by atoms with Crippen molar-refractivity contribution in [2.24, 2.45) is 0 Å². The Bertz CT molecular complexity index is 883. The molecule has 156 valence electrons. The highest BCUT2D eigenvalue weighted by molar-refractivity contribution is 6.00. The normalized spacial score (nSPS) is 15.1. The molecule has 10 heteroatoms. The van der Waals surface area contributed by atoms with Gasteiger partial charge in [-0.2, -0.15) is 13.2 Å². The number of nitrogens with zero attached hydrogens (tertiary/aromatic N) is 2. The molecule has 1 aromatic carbocycles. The Morgan fingerprint density at radius 2 is 1.86 bits per heavy atom. The number of amides is 1. The first kappa shape index (κ1) is 20.8. The zero-order valence-electron chi connectivity index (χ0n) is 15.9. The average Bonchev–Trinajstić information content (AvgIpc) is 2.72. The minimum absolute atomic E-state index is 0.0586. The summed E-state index contributed by atoms with van der Waals surface area (Å²) in [5, 5.41) is 2.82. The summed E-state index contributed by atoms with van der Waals surface area (Å²) in [6.07, 6.45) is -2.60. The quantitative estimate of drug-likeness (QED) is 0.814. The number of nitrogens with one attached hydrogen (secondary N) is 1. The molecule has 0 spiro atoms. The summed E-state index contributed by atoms with van der Waals surface area (Å²) in [5.41, 5.74) is 0.0715. The van der Waals surface area contributed by atoms with E-state index in [1.807, 2.05) is 0 Å². The Kier molecular flexibility index (Phi) is 6.21. The zero-order valence-corrected chi connectivity index (χ0v) is 15.9. The summed E-state index contributed by atoms with van der Waals surface area (Å²) in [6, 6.07) is 4.38. The maximum Gasteiger partial charge on any atom is 0.451 e. The molecule has 1 saturated heterocycles. The van der Waals surface area contributed by atoms with Crippen molar-refractivity contribution in [2.45, 2.75) is 25.1 Å².